The Morgan fingerprint density at radius 3 is 2.51 bits per heavy atom. The maximum absolute atomic E-state index is 15.4. The van der Waals surface area contributed by atoms with Crippen LogP contribution < -0.4 is 5.32 Å². The molecule has 0 radical (unpaired) electrons. The molecule has 2 aromatic carbocycles. The molecule has 0 unspecified atom stereocenters. The fourth-order valence-electron chi connectivity index (χ4n) is 4.62. The van der Waals surface area contributed by atoms with Crippen LogP contribution in [0.1, 0.15) is 26.5 Å². The van der Waals surface area contributed by atoms with Crippen LogP contribution in [0, 0.1) is 12.7 Å². The van der Waals surface area contributed by atoms with Crippen molar-refractivity contribution in [2.24, 2.45) is 7.05 Å². The Morgan fingerprint density at radius 2 is 1.85 bits per heavy atom. The number of nitrogens with zero attached hydrogens (tertiary/aromatic N) is 5. The molecule has 1 aliphatic rings. The van der Waals surface area contributed by atoms with Crippen molar-refractivity contribution < 1.29 is 18.8 Å². The first-order chi connectivity index (χ1) is 18.8. The van der Waals surface area contributed by atoms with Gasteiger partial charge in [0.1, 0.15) is 5.82 Å². The van der Waals surface area contributed by atoms with Crippen molar-refractivity contribution in [3.63, 3.8) is 0 Å². The number of hydrogen-bond acceptors (Lipinski definition) is 5. The van der Waals surface area contributed by atoms with E-state index in [0.717, 1.165) is 12.0 Å². The zero-order valence-electron chi connectivity index (χ0n) is 21.2. The molecule has 2 N–H and O–H groups in total. The Hall–Kier alpha value is -4.51. The van der Waals surface area contributed by atoms with E-state index in [1.54, 1.807) is 60.4 Å². The predicted molar refractivity (Wildman–Crippen MR) is 144 cm³/mol. The minimum Gasteiger partial charge on any atom is -0.342 e. The number of rotatable bonds is 6. The third kappa shape index (κ3) is 5.00. The van der Waals surface area contributed by atoms with Gasteiger partial charge in [-0.2, -0.15) is 5.10 Å². The van der Waals surface area contributed by atoms with E-state index in [2.05, 4.69) is 20.5 Å². The molecule has 1 saturated heterocycles. The number of piperazine rings is 1. The number of nitrogens with one attached hydrogen (secondary N) is 2. The normalized spacial score (nSPS) is 13.4. The maximum Gasteiger partial charge on any atom is 0.291 e. The molecule has 10 nitrogen and oxygen atoms in total. The number of anilines is 1. The molecule has 3 heterocycles. The van der Waals surface area contributed by atoms with Crippen LogP contribution in [-0.2, 0) is 11.8 Å². The van der Waals surface area contributed by atoms with Crippen LogP contribution in [0.2, 0.25) is 5.02 Å². The highest BCUT2D eigenvalue weighted by Crippen LogP contribution is 2.32. The van der Waals surface area contributed by atoms with Gasteiger partial charge in [0.25, 0.3) is 11.8 Å². The first-order valence-corrected chi connectivity index (χ1v) is 12.6. The Bertz CT molecular complexity index is 1560. The second kappa shape index (κ2) is 10.7. The number of amides is 3. The zero-order chi connectivity index (χ0) is 27.7. The number of hydrogen-bond donors (Lipinski definition) is 2. The van der Waals surface area contributed by atoms with Crippen molar-refractivity contribution in [1.82, 2.24) is 29.5 Å². The quantitative estimate of drug-likeness (QED) is 0.355. The van der Waals surface area contributed by atoms with Gasteiger partial charge in [0, 0.05) is 56.2 Å². The molecule has 2 aromatic heterocycles. The van der Waals surface area contributed by atoms with Gasteiger partial charge in [-0.25, -0.2) is 9.37 Å². The van der Waals surface area contributed by atoms with Gasteiger partial charge in [0.15, 0.2) is 5.82 Å². The summed E-state index contributed by atoms with van der Waals surface area (Å²) in [6.45, 7) is 3.45. The van der Waals surface area contributed by atoms with Crippen LogP contribution in [0.4, 0.5) is 10.1 Å². The number of imidazole rings is 1. The summed E-state index contributed by atoms with van der Waals surface area (Å²) in [5.74, 6) is -1.10. The summed E-state index contributed by atoms with van der Waals surface area (Å²) in [5.41, 5.74) is 3.38. The van der Waals surface area contributed by atoms with Crippen LogP contribution in [0.5, 0.6) is 0 Å². The summed E-state index contributed by atoms with van der Waals surface area (Å²) in [6, 6.07) is 8.09. The lowest BCUT2D eigenvalue weighted by atomic mass is 9.99. The van der Waals surface area contributed by atoms with Crippen molar-refractivity contribution in [2.75, 3.05) is 31.5 Å². The van der Waals surface area contributed by atoms with Gasteiger partial charge in [0.05, 0.1) is 28.7 Å². The number of aromatic amines is 1. The molecule has 0 aliphatic carbocycles. The van der Waals surface area contributed by atoms with Crippen LogP contribution in [0.25, 0.3) is 22.4 Å². The molecule has 0 bridgehead atoms. The number of halogens is 2. The van der Waals surface area contributed by atoms with Crippen LogP contribution in [-0.4, -0.2) is 74.0 Å². The molecule has 12 heteroatoms. The van der Waals surface area contributed by atoms with Gasteiger partial charge in [-0.15, -0.1) is 0 Å². The molecule has 4 aromatic rings. The van der Waals surface area contributed by atoms with Crippen molar-refractivity contribution >= 4 is 35.5 Å². The lowest BCUT2D eigenvalue weighted by molar-refractivity contribution is -0.119. The highest BCUT2D eigenvalue weighted by molar-refractivity contribution is 6.34. The molecule has 3 amide bonds. The Morgan fingerprint density at radius 1 is 1.10 bits per heavy atom. The van der Waals surface area contributed by atoms with Gasteiger partial charge in [-0.1, -0.05) is 17.7 Å². The van der Waals surface area contributed by atoms with E-state index in [0.29, 0.717) is 59.8 Å². The summed E-state index contributed by atoms with van der Waals surface area (Å²) < 4.78 is 16.9. The summed E-state index contributed by atoms with van der Waals surface area (Å²) in [5, 5.41) is 9.57. The monoisotopic (exact) mass is 549 g/mol. The molecule has 200 valence electrons. The number of H-pyrrole nitrogens is 1. The predicted octanol–water partition coefficient (Wildman–Crippen LogP) is 3.74. The number of aromatic nitrogens is 4. The summed E-state index contributed by atoms with van der Waals surface area (Å²) in [7, 11) is 1.63. The van der Waals surface area contributed by atoms with Gasteiger partial charge in [-0.3, -0.25) is 19.5 Å². The van der Waals surface area contributed by atoms with E-state index in [1.165, 1.54) is 16.8 Å². The van der Waals surface area contributed by atoms with Crippen LogP contribution in [0.15, 0.2) is 48.9 Å². The smallest absolute Gasteiger partial charge is 0.291 e. The molecular weight excluding hydrogens is 525 g/mol. The Kier molecular flexibility index (Phi) is 7.16. The summed E-state index contributed by atoms with van der Waals surface area (Å²) in [4.78, 5) is 44.3. The highest BCUT2D eigenvalue weighted by atomic mass is 35.5. The minimum absolute atomic E-state index is 0.0743. The Labute approximate surface area is 228 Å². The first-order valence-electron chi connectivity index (χ1n) is 12.2. The summed E-state index contributed by atoms with van der Waals surface area (Å²) >= 11 is 6.39. The van der Waals surface area contributed by atoms with Crippen LogP contribution in [0.3, 0.4) is 0 Å². The van der Waals surface area contributed by atoms with Gasteiger partial charge >= 0.3 is 0 Å². The van der Waals surface area contributed by atoms with E-state index >= 15 is 4.39 Å². The lowest BCUT2D eigenvalue weighted by Crippen LogP contribution is -2.48. The molecular formula is C27H25ClFN7O3. The maximum atomic E-state index is 15.4. The average molecular weight is 550 g/mol. The molecule has 39 heavy (non-hydrogen) atoms. The second-order valence-electron chi connectivity index (χ2n) is 9.20. The molecule has 0 saturated carbocycles. The summed E-state index contributed by atoms with van der Waals surface area (Å²) in [6.07, 6.45) is 5.54. The standard InChI is InChI=1S/C27H25ClFN7O3/c1-16-19(17-12-31-32-13-17)5-6-21(24(16)29)23-14-30-25(34(23)2)26(38)33-18-3-4-20(22(28)11-18)27(39)36-9-7-35(15-37)8-10-36/h3-6,11-15H,7-10H2,1-2H3,(H,31,32)(H,33,38). The lowest BCUT2D eigenvalue weighted by Gasteiger charge is -2.32. The third-order valence-corrected chi connectivity index (χ3v) is 7.18. The largest absolute Gasteiger partial charge is 0.342 e. The zero-order valence-corrected chi connectivity index (χ0v) is 22.0. The van der Waals surface area contributed by atoms with Crippen molar-refractivity contribution in [3.05, 3.63) is 76.7 Å². The van der Waals surface area contributed by atoms with E-state index in [-0.39, 0.29) is 16.8 Å². The Balaban J connectivity index is 1.32. The van der Waals surface area contributed by atoms with E-state index < -0.39 is 11.7 Å². The van der Waals surface area contributed by atoms with Crippen molar-refractivity contribution in [2.45, 2.75) is 6.92 Å². The van der Waals surface area contributed by atoms with Crippen LogP contribution >= 0.6 is 11.6 Å². The SMILES string of the molecule is Cc1c(-c2cn[nH]c2)ccc(-c2cnc(C(=O)Nc3ccc(C(=O)N4CCN(C=O)CC4)c(Cl)c3)n2C)c1F. The first kappa shape index (κ1) is 26.1. The van der Waals surface area contributed by atoms with E-state index in [4.69, 9.17) is 11.6 Å². The molecule has 1 fully saturated rings. The highest BCUT2D eigenvalue weighted by Gasteiger charge is 2.24. The van der Waals surface area contributed by atoms with Gasteiger partial charge < -0.3 is 19.7 Å². The van der Waals surface area contributed by atoms with Gasteiger partial charge in [-0.05, 0) is 42.3 Å². The topological polar surface area (TPSA) is 116 Å². The third-order valence-electron chi connectivity index (χ3n) is 6.87. The van der Waals surface area contributed by atoms with Crippen molar-refractivity contribution in [3.8, 4) is 22.4 Å². The fraction of sp³-hybridized carbons (Fsp3) is 0.222. The van der Waals surface area contributed by atoms with Gasteiger partial charge in [0.2, 0.25) is 6.41 Å². The van der Waals surface area contributed by atoms with E-state index in [9.17, 15) is 14.4 Å². The molecule has 5 rings (SSSR count). The number of benzene rings is 2. The second-order valence-corrected chi connectivity index (χ2v) is 9.60. The molecule has 0 spiro atoms. The van der Waals surface area contributed by atoms with E-state index in [1.807, 2.05) is 0 Å². The fourth-order valence-corrected chi connectivity index (χ4v) is 4.88. The number of carbonyl (C=O) groups is 3. The van der Waals surface area contributed by atoms with Crippen molar-refractivity contribution in [1.29, 1.82) is 0 Å². The number of carbonyl (C=O) groups excluding carboxylic acids is 3. The molecule has 0 atom stereocenters. The minimum atomic E-state index is -0.518. The average Bonchev–Trinajstić information content (AvgIpc) is 3.60. The molecule has 1 aliphatic heterocycles.